The Labute approximate surface area is 146 Å². The van der Waals surface area contributed by atoms with E-state index in [1.165, 1.54) is 0 Å². The van der Waals surface area contributed by atoms with Gasteiger partial charge in [-0.05, 0) is 37.5 Å². The van der Waals surface area contributed by atoms with Gasteiger partial charge in [0.1, 0.15) is 12.4 Å². The summed E-state index contributed by atoms with van der Waals surface area (Å²) >= 11 is 0. The third-order valence-corrected chi connectivity index (χ3v) is 4.34. The molecule has 2 aliphatic heterocycles. The number of amides is 2. The van der Waals surface area contributed by atoms with Crippen molar-refractivity contribution in [3.05, 3.63) is 41.1 Å². The van der Waals surface area contributed by atoms with Crippen molar-refractivity contribution < 1.29 is 23.8 Å². The van der Waals surface area contributed by atoms with Gasteiger partial charge in [0.2, 0.25) is 0 Å². The van der Waals surface area contributed by atoms with E-state index in [2.05, 4.69) is 10.6 Å². The van der Waals surface area contributed by atoms with Gasteiger partial charge < -0.3 is 24.8 Å². The number of hydrogen-bond acceptors (Lipinski definition) is 5. The lowest BCUT2D eigenvalue weighted by Crippen LogP contribution is -2.45. The maximum absolute atomic E-state index is 12.7. The van der Waals surface area contributed by atoms with Crippen molar-refractivity contribution >= 4 is 12.0 Å². The van der Waals surface area contributed by atoms with Crippen LogP contribution in [0.2, 0.25) is 0 Å². The summed E-state index contributed by atoms with van der Waals surface area (Å²) in [6, 6.07) is 6.28. The number of hydrogen-bond donors (Lipinski definition) is 2. The van der Waals surface area contributed by atoms with E-state index in [4.69, 9.17) is 14.2 Å². The number of methoxy groups -OCH3 is 1. The molecule has 0 aliphatic carbocycles. The van der Waals surface area contributed by atoms with Crippen molar-refractivity contribution in [2.75, 3.05) is 20.3 Å². The molecular formula is C18H22N2O5. The van der Waals surface area contributed by atoms with Gasteiger partial charge in [0.15, 0.2) is 0 Å². The Kier molecular flexibility index (Phi) is 5.23. The fourth-order valence-electron chi connectivity index (χ4n) is 3.06. The van der Waals surface area contributed by atoms with Crippen molar-refractivity contribution in [1.29, 1.82) is 0 Å². The maximum atomic E-state index is 12.7. The Morgan fingerprint density at radius 1 is 1.40 bits per heavy atom. The molecule has 0 bridgehead atoms. The second kappa shape index (κ2) is 7.57. The van der Waals surface area contributed by atoms with Crippen molar-refractivity contribution in [2.24, 2.45) is 0 Å². The molecule has 0 radical (unpaired) electrons. The highest BCUT2D eigenvalue weighted by Gasteiger charge is 2.33. The van der Waals surface area contributed by atoms with E-state index in [0.29, 0.717) is 23.6 Å². The SMILES string of the molecule is COc1cccc([C@@H]2NC(=O)NC(C)=C2C(=O)OC[C@H]2CCCO2)c1. The molecule has 2 atom stereocenters. The van der Waals surface area contributed by atoms with Gasteiger partial charge in [-0.1, -0.05) is 12.1 Å². The molecular weight excluding hydrogens is 324 g/mol. The molecule has 2 amide bonds. The number of urea groups is 1. The number of ether oxygens (including phenoxy) is 3. The molecule has 2 heterocycles. The molecule has 134 valence electrons. The molecule has 1 saturated heterocycles. The third kappa shape index (κ3) is 3.93. The molecule has 2 aliphatic rings. The Morgan fingerprint density at radius 2 is 2.24 bits per heavy atom. The first-order chi connectivity index (χ1) is 12.1. The van der Waals surface area contributed by atoms with Crippen LogP contribution in [0.1, 0.15) is 31.4 Å². The average Bonchev–Trinajstić information content (AvgIpc) is 3.12. The molecule has 3 rings (SSSR count). The van der Waals surface area contributed by atoms with Crippen LogP contribution in [0.4, 0.5) is 4.79 Å². The number of allylic oxidation sites excluding steroid dienone is 1. The van der Waals surface area contributed by atoms with Gasteiger partial charge in [0.25, 0.3) is 0 Å². The number of esters is 1. The molecule has 25 heavy (non-hydrogen) atoms. The zero-order chi connectivity index (χ0) is 17.8. The fourth-order valence-corrected chi connectivity index (χ4v) is 3.06. The topological polar surface area (TPSA) is 85.9 Å². The van der Waals surface area contributed by atoms with Gasteiger partial charge in [-0.2, -0.15) is 0 Å². The minimum absolute atomic E-state index is 0.0498. The van der Waals surface area contributed by atoms with Crippen LogP contribution in [0, 0.1) is 0 Å². The Balaban J connectivity index is 1.82. The van der Waals surface area contributed by atoms with E-state index in [9.17, 15) is 9.59 Å². The summed E-state index contributed by atoms with van der Waals surface area (Å²) in [5.41, 5.74) is 1.61. The number of carbonyl (C=O) groups excluding carboxylic acids is 2. The summed E-state index contributed by atoms with van der Waals surface area (Å²) in [5, 5.41) is 5.41. The number of rotatable bonds is 5. The van der Waals surface area contributed by atoms with Crippen molar-refractivity contribution in [3.63, 3.8) is 0 Å². The lowest BCUT2D eigenvalue weighted by molar-refractivity contribution is -0.142. The van der Waals surface area contributed by atoms with E-state index in [-0.39, 0.29) is 18.7 Å². The first-order valence-corrected chi connectivity index (χ1v) is 8.29. The zero-order valence-electron chi connectivity index (χ0n) is 14.3. The van der Waals surface area contributed by atoms with Crippen LogP contribution in [0.25, 0.3) is 0 Å². The molecule has 0 aromatic heterocycles. The normalized spacial score (nSPS) is 23.0. The second-order valence-electron chi connectivity index (χ2n) is 6.08. The summed E-state index contributed by atoms with van der Waals surface area (Å²) in [6.07, 6.45) is 1.82. The predicted molar refractivity (Wildman–Crippen MR) is 90.0 cm³/mol. The summed E-state index contributed by atoms with van der Waals surface area (Å²) in [6.45, 7) is 2.61. The van der Waals surface area contributed by atoms with E-state index >= 15 is 0 Å². The molecule has 1 aromatic rings. The highest BCUT2D eigenvalue weighted by Crippen LogP contribution is 2.29. The van der Waals surface area contributed by atoms with Gasteiger partial charge in [-0.15, -0.1) is 0 Å². The fraction of sp³-hybridized carbons (Fsp3) is 0.444. The average molecular weight is 346 g/mol. The third-order valence-electron chi connectivity index (χ3n) is 4.34. The van der Waals surface area contributed by atoms with Crippen LogP contribution in [-0.4, -0.2) is 38.4 Å². The number of benzene rings is 1. The highest BCUT2D eigenvalue weighted by atomic mass is 16.6. The van der Waals surface area contributed by atoms with Gasteiger partial charge in [0.05, 0.1) is 24.8 Å². The van der Waals surface area contributed by atoms with Crippen LogP contribution < -0.4 is 15.4 Å². The summed E-state index contributed by atoms with van der Waals surface area (Å²) in [4.78, 5) is 24.5. The first kappa shape index (κ1) is 17.3. The molecule has 0 saturated carbocycles. The zero-order valence-corrected chi connectivity index (χ0v) is 14.3. The quantitative estimate of drug-likeness (QED) is 0.797. The van der Waals surface area contributed by atoms with Crippen LogP contribution >= 0.6 is 0 Å². The Bertz CT molecular complexity index is 694. The van der Waals surface area contributed by atoms with Crippen LogP contribution in [0.3, 0.4) is 0 Å². The van der Waals surface area contributed by atoms with E-state index in [0.717, 1.165) is 18.4 Å². The van der Waals surface area contributed by atoms with Gasteiger partial charge in [-0.3, -0.25) is 0 Å². The van der Waals surface area contributed by atoms with Crippen molar-refractivity contribution in [3.8, 4) is 5.75 Å². The van der Waals surface area contributed by atoms with Gasteiger partial charge >= 0.3 is 12.0 Å². The standard InChI is InChI=1S/C18H22N2O5/c1-11-15(17(21)25-10-14-7-4-8-24-14)16(20-18(22)19-11)12-5-3-6-13(9-12)23-2/h3,5-6,9,14,16H,4,7-8,10H2,1-2H3,(H2,19,20,22)/t14-,16+/m1/s1. The summed E-state index contributed by atoms with van der Waals surface area (Å²) in [5.74, 6) is 0.184. The molecule has 1 aromatic carbocycles. The summed E-state index contributed by atoms with van der Waals surface area (Å²) in [7, 11) is 1.57. The van der Waals surface area contributed by atoms with E-state index in [1.54, 1.807) is 26.2 Å². The molecule has 1 fully saturated rings. The highest BCUT2D eigenvalue weighted by molar-refractivity contribution is 5.95. The summed E-state index contributed by atoms with van der Waals surface area (Å²) < 4.78 is 16.1. The van der Waals surface area contributed by atoms with Crippen LogP contribution in [-0.2, 0) is 14.3 Å². The van der Waals surface area contributed by atoms with Crippen molar-refractivity contribution in [2.45, 2.75) is 31.9 Å². The number of carbonyl (C=O) groups is 2. The first-order valence-electron chi connectivity index (χ1n) is 8.29. The molecule has 0 unspecified atom stereocenters. The molecule has 7 heteroatoms. The molecule has 7 nitrogen and oxygen atoms in total. The Morgan fingerprint density at radius 3 is 2.96 bits per heavy atom. The van der Waals surface area contributed by atoms with Crippen molar-refractivity contribution in [1.82, 2.24) is 10.6 Å². The smallest absolute Gasteiger partial charge is 0.338 e. The van der Waals surface area contributed by atoms with E-state index < -0.39 is 12.0 Å². The van der Waals surface area contributed by atoms with Gasteiger partial charge in [-0.25, -0.2) is 9.59 Å². The van der Waals surface area contributed by atoms with Crippen LogP contribution in [0.5, 0.6) is 5.75 Å². The largest absolute Gasteiger partial charge is 0.497 e. The van der Waals surface area contributed by atoms with E-state index in [1.807, 2.05) is 12.1 Å². The maximum Gasteiger partial charge on any atom is 0.338 e. The minimum Gasteiger partial charge on any atom is -0.497 e. The lowest BCUT2D eigenvalue weighted by Gasteiger charge is -2.28. The lowest BCUT2D eigenvalue weighted by atomic mass is 9.95. The Hall–Kier alpha value is -2.54. The molecule has 2 N–H and O–H groups in total. The monoisotopic (exact) mass is 346 g/mol. The molecule has 0 spiro atoms. The second-order valence-corrected chi connectivity index (χ2v) is 6.08. The minimum atomic E-state index is -0.596. The predicted octanol–water partition coefficient (Wildman–Crippen LogP) is 2.05. The number of nitrogens with one attached hydrogen (secondary N) is 2. The van der Waals surface area contributed by atoms with Crippen LogP contribution in [0.15, 0.2) is 35.5 Å². The van der Waals surface area contributed by atoms with Gasteiger partial charge in [0, 0.05) is 12.3 Å².